The van der Waals surface area contributed by atoms with Gasteiger partial charge in [0.2, 0.25) is 5.91 Å². The van der Waals surface area contributed by atoms with Gasteiger partial charge in [-0.15, -0.1) is 0 Å². The molecule has 1 fully saturated rings. The Morgan fingerprint density at radius 2 is 2.25 bits per heavy atom. The molecule has 1 unspecified atom stereocenters. The standard InChI is InChI=1S/C16H19N3O/c20-16(9-12-5-7-17-10-12)19-11-13-6-8-18-15-4-2-1-3-14(13)15/h1-4,6,8,12,17H,5,7,9-11H2,(H,19,20). The van der Waals surface area contributed by atoms with Gasteiger partial charge in [-0.2, -0.15) is 0 Å². The zero-order valence-electron chi connectivity index (χ0n) is 11.4. The number of nitrogens with one attached hydrogen (secondary N) is 2. The summed E-state index contributed by atoms with van der Waals surface area (Å²) in [4.78, 5) is 16.3. The van der Waals surface area contributed by atoms with Gasteiger partial charge in [-0.25, -0.2) is 0 Å². The molecule has 0 radical (unpaired) electrons. The number of carbonyl (C=O) groups excluding carboxylic acids is 1. The maximum atomic E-state index is 12.0. The number of carbonyl (C=O) groups is 1. The Labute approximate surface area is 118 Å². The normalized spacial score (nSPS) is 18.3. The highest BCUT2D eigenvalue weighted by Crippen LogP contribution is 2.16. The van der Waals surface area contributed by atoms with Crippen LogP contribution in [0.4, 0.5) is 0 Å². The van der Waals surface area contributed by atoms with Crippen LogP contribution >= 0.6 is 0 Å². The molecule has 20 heavy (non-hydrogen) atoms. The van der Waals surface area contributed by atoms with Crippen LogP contribution in [0, 0.1) is 5.92 Å². The van der Waals surface area contributed by atoms with Gasteiger partial charge >= 0.3 is 0 Å². The molecule has 2 heterocycles. The van der Waals surface area contributed by atoms with Crippen LogP contribution in [-0.2, 0) is 11.3 Å². The van der Waals surface area contributed by atoms with E-state index >= 15 is 0 Å². The molecule has 0 aliphatic carbocycles. The highest BCUT2D eigenvalue weighted by Gasteiger charge is 2.17. The van der Waals surface area contributed by atoms with E-state index in [1.165, 1.54) is 0 Å². The second-order valence-corrected chi connectivity index (χ2v) is 5.33. The van der Waals surface area contributed by atoms with Crippen molar-refractivity contribution < 1.29 is 4.79 Å². The maximum absolute atomic E-state index is 12.0. The molecule has 1 aliphatic heterocycles. The van der Waals surface area contributed by atoms with Crippen LogP contribution < -0.4 is 10.6 Å². The average molecular weight is 269 g/mol. The zero-order chi connectivity index (χ0) is 13.8. The van der Waals surface area contributed by atoms with Crippen molar-refractivity contribution in [2.75, 3.05) is 13.1 Å². The van der Waals surface area contributed by atoms with E-state index < -0.39 is 0 Å². The summed E-state index contributed by atoms with van der Waals surface area (Å²) >= 11 is 0. The lowest BCUT2D eigenvalue weighted by Crippen LogP contribution is -2.26. The largest absolute Gasteiger partial charge is 0.352 e. The number of pyridine rings is 1. The van der Waals surface area contributed by atoms with E-state index in [4.69, 9.17) is 0 Å². The van der Waals surface area contributed by atoms with Gasteiger partial charge in [-0.3, -0.25) is 9.78 Å². The molecule has 1 aromatic carbocycles. The lowest BCUT2D eigenvalue weighted by molar-refractivity contribution is -0.122. The third-order valence-electron chi connectivity index (χ3n) is 3.85. The number of fused-ring (bicyclic) bond motifs is 1. The summed E-state index contributed by atoms with van der Waals surface area (Å²) in [7, 11) is 0. The minimum atomic E-state index is 0.139. The van der Waals surface area contributed by atoms with Crippen LogP contribution in [0.15, 0.2) is 36.5 Å². The second-order valence-electron chi connectivity index (χ2n) is 5.33. The summed E-state index contributed by atoms with van der Waals surface area (Å²) in [6.45, 7) is 2.57. The lowest BCUT2D eigenvalue weighted by atomic mass is 10.0. The zero-order valence-corrected chi connectivity index (χ0v) is 11.4. The van der Waals surface area contributed by atoms with Gasteiger partial charge in [0.1, 0.15) is 0 Å². The highest BCUT2D eigenvalue weighted by molar-refractivity contribution is 5.82. The van der Waals surface area contributed by atoms with E-state index in [9.17, 15) is 4.79 Å². The number of hydrogen-bond donors (Lipinski definition) is 2. The molecule has 0 spiro atoms. The molecule has 1 aliphatic rings. The van der Waals surface area contributed by atoms with Crippen LogP contribution in [0.25, 0.3) is 10.9 Å². The van der Waals surface area contributed by atoms with Crippen molar-refractivity contribution in [3.05, 3.63) is 42.1 Å². The summed E-state index contributed by atoms with van der Waals surface area (Å²) in [6.07, 6.45) is 3.52. The molecule has 4 nitrogen and oxygen atoms in total. The minimum Gasteiger partial charge on any atom is -0.352 e. The third kappa shape index (κ3) is 2.96. The first-order valence-electron chi connectivity index (χ1n) is 7.13. The first-order valence-corrected chi connectivity index (χ1v) is 7.13. The SMILES string of the molecule is O=C(CC1CCNC1)NCc1ccnc2ccccc12. The second kappa shape index (κ2) is 6.01. The molecular weight excluding hydrogens is 250 g/mol. The quantitative estimate of drug-likeness (QED) is 0.890. The van der Waals surface area contributed by atoms with Gasteiger partial charge in [0.15, 0.2) is 0 Å². The van der Waals surface area contributed by atoms with Crippen molar-refractivity contribution in [2.45, 2.75) is 19.4 Å². The summed E-state index contributed by atoms with van der Waals surface area (Å²) < 4.78 is 0. The van der Waals surface area contributed by atoms with Gasteiger partial charge < -0.3 is 10.6 Å². The fraction of sp³-hybridized carbons (Fsp3) is 0.375. The molecule has 1 saturated heterocycles. The summed E-state index contributed by atoms with van der Waals surface area (Å²) in [5, 5.41) is 7.42. The first-order chi connectivity index (χ1) is 9.83. The van der Waals surface area contributed by atoms with Crippen LogP contribution in [0.5, 0.6) is 0 Å². The van der Waals surface area contributed by atoms with Crippen molar-refractivity contribution in [1.29, 1.82) is 0 Å². The van der Waals surface area contributed by atoms with Crippen LogP contribution in [0.3, 0.4) is 0 Å². The number of para-hydroxylation sites is 1. The minimum absolute atomic E-state index is 0.139. The number of benzene rings is 1. The molecule has 0 saturated carbocycles. The Morgan fingerprint density at radius 1 is 1.35 bits per heavy atom. The number of aromatic nitrogens is 1. The van der Waals surface area contributed by atoms with Gasteiger partial charge in [0, 0.05) is 24.5 Å². The topological polar surface area (TPSA) is 54.0 Å². The Kier molecular flexibility index (Phi) is 3.92. The molecule has 1 amide bonds. The van der Waals surface area contributed by atoms with E-state index in [0.717, 1.165) is 36.0 Å². The maximum Gasteiger partial charge on any atom is 0.220 e. The molecule has 104 valence electrons. The van der Waals surface area contributed by atoms with Crippen molar-refractivity contribution >= 4 is 16.8 Å². The Balaban J connectivity index is 1.63. The molecule has 2 N–H and O–H groups in total. The smallest absolute Gasteiger partial charge is 0.220 e. The number of amides is 1. The average Bonchev–Trinajstić information content (AvgIpc) is 2.98. The van der Waals surface area contributed by atoms with Gasteiger partial charge in [-0.05, 0) is 43.1 Å². The fourth-order valence-corrected chi connectivity index (χ4v) is 2.73. The Morgan fingerprint density at radius 3 is 3.10 bits per heavy atom. The molecule has 1 aromatic heterocycles. The van der Waals surface area contributed by atoms with Crippen molar-refractivity contribution in [1.82, 2.24) is 15.6 Å². The molecule has 4 heteroatoms. The molecule has 1 atom stereocenters. The number of rotatable bonds is 4. The summed E-state index contributed by atoms with van der Waals surface area (Å²) in [5.41, 5.74) is 2.09. The van der Waals surface area contributed by atoms with E-state index in [1.807, 2.05) is 30.3 Å². The van der Waals surface area contributed by atoms with Crippen LogP contribution in [0.1, 0.15) is 18.4 Å². The predicted octanol–water partition coefficient (Wildman–Crippen LogP) is 1.85. The molecule has 2 aromatic rings. The predicted molar refractivity (Wildman–Crippen MR) is 79.2 cm³/mol. The lowest BCUT2D eigenvalue weighted by Gasteiger charge is -2.10. The van der Waals surface area contributed by atoms with E-state index in [-0.39, 0.29) is 5.91 Å². The molecular formula is C16H19N3O. The van der Waals surface area contributed by atoms with Crippen LogP contribution in [-0.4, -0.2) is 24.0 Å². The van der Waals surface area contributed by atoms with Crippen molar-refractivity contribution in [3.8, 4) is 0 Å². The Bertz CT molecular complexity index is 600. The van der Waals surface area contributed by atoms with Crippen molar-refractivity contribution in [2.24, 2.45) is 5.92 Å². The van der Waals surface area contributed by atoms with Gasteiger partial charge in [-0.1, -0.05) is 18.2 Å². The van der Waals surface area contributed by atoms with E-state index in [2.05, 4.69) is 15.6 Å². The highest BCUT2D eigenvalue weighted by atomic mass is 16.1. The van der Waals surface area contributed by atoms with Gasteiger partial charge in [0.05, 0.1) is 5.52 Å². The molecule has 0 bridgehead atoms. The Hall–Kier alpha value is -1.94. The van der Waals surface area contributed by atoms with E-state index in [0.29, 0.717) is 18.9 Å². The van der Waals surface area contributed by atoms with Gasteiger partial charge in [0.25, 0.3) is 0 Å². The fourth-order valence-electron chi connectivity index (χ4n) is 2.73. The monoisotopic (exact) mass is 269 g/mol. The summed E-state index contributed by atoms with van der Waals surface area (Å²) in [6, 6.07) is 9.99. The first kappa shape index (κ1) is 13.1. The summed E-state index contributed by atoms with van der Waals surface area (Å²) in [5.74, 6) is 0.628. The number of hydrogen-bond acceptors (Lipinski definition) is 3. The number of nitrogens with zero attached hydrogens (tertiary/aromatic N) is 1. The van der Waals surface area contributed by atoms with Crippen molar-refractivity contribution in [3.63, 3.8) is 0 Å². The van der Waals surface area contributed by atoms with E-state index in [1.54, 1.807) is 6.20 Å². The molecule has 3 rings (SSSR count). The third-order valence-corrected chi connectivity index (χ3v) is 3.85. The van der Waals surface area contributed by atoms with Crippen LogP contribution in [0.2, 0.25) is 0 Å².